The van der Waals surface area contributed by atoms with Gasteiger partial charge in [-0.15, -0.1) is 0 Å². The molecule has 0 aromatic heterocycles. The Morgan fingerprint density at radius 1 is 1.00 bits per heavy atom. The number of ether oxygens (including phenoxy) is 1. The van der Waals surface area contributed by atoms with Gasteiger partial charge in [-0.1, -0.05) is 19.3 Å². The van der Waals surface area contributed by atoms with Crippen LogP contribution in [0.2, 0.25) is 0 Å². The predicted octanol–water partition coefficient (Wildman–Crippen LogP) is 3.08. The average Bonchev–Trinajstić information content (AvgIpc) is 2.19. The van der Waals surface area contributed by atoms with Crippen molar-refractivity contribution >= 4 is 0 Å². The lowest BCUT2D eigenvalue weighted by atomic mass is 9.82. The third kappa shape index (κ3) is 2.43. The van der Waals surface area contributed by atoms with E-state index in [0.29, 0.717) is 25.4 Å². The SMILES string of the molecule is FC1CCOC(C2CCCCC2)C1. The van der Waals surface area contributed by atoms with E-state index in [1.165, 1.54) is 32.1 Å². The van der Waals surface area contributed by atoms with Crippen LogP contribution in [0.4, 0.5) is 4.39 Å². The number of halogens is 1. The Morgan fingerprint density at radius 2 is 1.77 bits per heavy atom. The predicted molar refractivity (Wildman–Crippen MR) is 50.4 cm³/mol. The highest BCUT2D eigenvalue weighted by Crippen LogP contribution is 2.32. The standard InChI is InChI=1S/C11H19FO/c12-10-6-7-13-11(8-10)9-4-2-1-3-5-9/h9-11H,1-8H2. The topological polar surface area (TPSA) is 9.23 Å². The van der Waals surface area contributed by atoms with E-state index < -0.39 is 6.17 Å². The van der Waals surface area contributed by atoms with Crippen molar-refractivity contribution in [2.45, 2.75) is 57.2 Å². The summed E-state index contributed by atoms with van der Waals surface area (Å²) in [4.78, 5) is 0. The molecular weight excluding hydrogens is 167 g/mol. The van der Waals surface area contributed by atoms with Gasteiger partial charge in [0.2, 0.25) is 0 Å². The summed E-state index contributed by atoms with van der Waals surface area (Å²) in [6.07, 6.45) is 7.44. The summed E-state index contributed by atoms with van der Waals surface area (Å²) in [6.45, 7) is 0.641. The first-order valence-corrected chi connectivity index (χ1v) is 5.62. The Labute approximate surface area is 79.7 Å². The van der Waals surface area contributed by atoms with Crippen molar-refractivity contribution < 1.29 is 9.13 Å². The molecule has 1 aliphatic heterocycles. The second-order valence-corrected chi connectivity index (χ2v) is 4.43. The highest BCUT2D eigenvalue weighted by Gasteiger charge is 2.29. The fourth-order valence-electron chi connectivity index (χ4n) is 2.62. The molecule has 1 saturated carbocycles. The fourth-order valence-corrected chi connectivity index (χ4v) is 2.62. The van der Waals surface area contributed by atoms with Crippen molar-refractivity contribution in [3.63, 3.8) is 0 Å². The normalized spacial score (nSPS) is 37.6. The van der Waals surface area contributed by atoms with E-state index in [1.54, 1.807) is 0 Å². The molecule has 13 heavy (non-hydrogen) atoms. The quantitative estimate of drug-likeness (QED) is 0.611. The molecule has 1 heterocycles. The van der Waals surface area contributed by atoms with Gasteiger partial charge in [-0.25, -0.2) is 4.39 Å². The first-order valence-electron chi connectivity index (χ1n) is 5.62. The molecule has 2 fully saturated rings. The maximum absolute atomic E-state index is 13.1. The van der Waals surface area contributed by atoms with Crippen LogP contribution in [-0.4, -0.2) is 18.9 Å². The summed E-state index contributed by atoms with van der Waals surface area (Å²) in [5, 5.41) is 0. The molecule has 0 bridgehead atoms. The minimum atomic E-state index is -0.597. The molecule has 2 aliphatic rings. The van der Waals surface area contributed by atoms with Crippen LogP contribution in [0.5, 0.6) is 0 Å². The van der Waals surface area contributed by atoms with Crippen LogP contribution in [0.3, 0.4) is 0 Å². The lowest BCUT2D eigenvalue weighted by Crippen LogP contribution is -2.33. The van der Waals surface area contributed by atoms with Crippen molar-refractivity contribution in [2.75, 3.05) is 6.61 Å². The molecule has 0 radical (unpaired) electrons. The van der Waals surface area contributed by atoms with Crippen LogP contribution in [-0.2, 0) is 4.74 Å². The van der Waals surface area contributed by atoms with Gasteiger partial charge in [-0.3, -0.25) is 0 Å². The molecule has 0 amide bonds. The Bertz CT molecular complexity index is 154. The molecule has 2 atom stereocenters. The summed E-state index contributed by atoms with van der Waals surface area (Å²) in [5.41, 5.74) is 0. The maximum Gasteiger partial charge on any atom is 0.105 e. The van der Waals surface area contributed by atoms with E-state index in [-0.39, 0.29) is 6.10 Å². The van der Waals surface area contributed by atoms with Gasteiger partial charge in [0.05, 0.1) is 6.10 Å². The van der Waals surface area contributed by atoms with E-state index in [2.05, 4.69) is 0 Å². The average molecular weight is 186 g/mol. The molecule has 0 aromatic carbocycles. The third-order valence-electron chi connectivity index (χ3n) is 3.43. The van der Waals surface area contributed by atoms with Gasteiger partial charge in [0.25, 0.3) is 0 Å². The Kier molecular flexibility index (Phi) is 3.20. The number of hydrogen-bond donors (Lipinski definition) is 0. The Morgan fingerprint density at radius 3 is 2.46 bits per heavy atom. The minimum Gasteiger partial charge on any atom is -0.378 e. The van der Waals surface area contributed by atoms with Gasteiger partial charge in [-0.2, -0.15) is 0 Å². The van der Waals surface area contributed by atoms with Crippen molar-refractivity contribution in [2.24, 2.45) is 5.92 Å². The smallest absolute Gasteiger partial charge is 0.105 e. The summed E-state index contributed by atoms with van der Waals surface area (Å²) >= 11 is 0. The van der Waals surface area contributed by atoms with Crippen LogP contribution in [0, 0.1) is 5.92 Å². The lowest BCUT2D eigenvalue weighted by molar-refractivity contribution is -0.0564. The van der Waals surface area contributed by atoms with Crippen molar-refractivity contribution in [1.29, 1.82) is 0 Å². The summed E-state index contributed by atoms with van der Waals surface area (Å²) in [6, 6.07) is 0. The third-order valence-corrected chi connectivity index (χ3v) is 3.43. The van der Waals surface area contributed by atoms with E-state index in [4.69, 9.17) is 4.74 Å². The van der Waals surface area contributed by atoms with Crippen molar-refractivity contribution in [3.8, 4) is 0 Å². The summed E-state index contributed by atoms with van der Waals surface area (Å²) in [7, 11) is 0. The molecule has 1 saturated heterocycles. The first kappa shape index (κ1) is 9.45. The van der Waals surface area contributed by atoms with Crippen LogP contribution in [0.1, 0.15) is 44.9 Å². The maximum atomic E-state index is 13.1. The molecule has 2 rings (SSSR count). The number of alkyl halides is 1. The summed E-state index contributed by atoms with van der Waals surface area (Å²) < 4.78 is 18.8. The molecule has 2 heteroatoms. The molecule has 2 unspecified atom stereocenters. The fraction of sp³-hybridized carbons (Fsp3) is 1.00. The van der Waals surface area contributed by atoms with Gasteiger partial charge < -0.3 is 4.74 Å². The van der Waals surface area contributed by atoms with Gasteiger partial charge >= 0.3 is 0 Å². The number of rotatable bonds is 1. The molecular formula is C11H19FO. The molecule has 0 aromatic rings. The zero-order chi connectivity index (χ0) is 9.10. The van der Waals surface area contributed by atoms with E-state index >= 15 is 0 Å². The number of hydrogen-bond acceptors (Lipinski definition) is 1. The minimum absolute atomic E-state index is 0.240. The zero-order valence-corrected chi connectivity index (χ0v) is 8.18. The van der Waals surface area contributed by atoms with E-state index in [9.17, 15) is 4.39 Å². The molecule has 1 aliphatic carbocycles. The van der Waals surface area contributed by atoms with Gasteiger partial charge in [0.15, 0.2) is 0 Å². The highest BCUT2D eigenvalue weighted by molar-refractivity contribution is 4.79. The van der Waals surface area contributed by atoms with Crippen molar-refractivity contribution in [3.05, 3.63) is 0 Å². The highest BCUT2D eigenvalue weighted by atomic mass is 19.1. The van der Waals surface area contributed by atoms with Gasteiger partial charge in [0, 0.05) is 19.4 Å². The zero-order valence-electron chi connectivity index (χ0n) is 8.18. The Balaban J connectivity index is 1.83. The first-order chi connectivity index (χ1) is 6.36. The largest absolute Gasteiger partial charge is 0.378 e. The van der Waals surface area contributed by atoms with Gasteiger partial charge in [-0.05, 0) is 18.8 Å². The second-order valence-electron chi connectivity index (χ2n) is 4.43. The monoisotopic (exact) mass is 186 g/mol. The van der Waals surface area contributed by atoms with E-state index in [1.807, 2.05) is 0 Å². The molecule has 1 nitrogen and oxygen atoms in total. The van der Waals surface area contributed by atoms with Crippen LogP contribution in [0.15, 0.2) is 0 Å². The van der Waals surface area contributed by atoms with Crippen LogP contribution < -0.4 is 0 Å². The summed E-state index contributed by atoms with van der Waals surface area (Å²) in [5.74, 6) is 0.660. The Hall–Kier alpha value is -0.110. The van der Waals surface area contributed by atoms with Crippen molar-refractivity contribution in [1.82, 2.24) is 0 Å². The molecule has 0 spiro atoms. The lowest BCUT2D eigenvalue weighted by Gasteiger charge is -2.34. The van der Waals surface area contributed by atoms with Crippen LogP contribution >= 0.6 is 0 Å². The second kappa shape index (κ2) is 4.41. The van der Waals surface area contributed by atoms with E-state index in [0.717, 1.165) is 0 Å². The molecule has 0 N–H and O–H groups in total. The van der Waals surface area contributed by atoms with Crippen LogP contribution in [0.25, 0.3) is 0 Å². The molecule has 76 valence electrons. The van der Waals surface area contributed by atoms with Gasteiger partial charge in [0.1, 0.15) is 6.17 Å².